The maximum Gasteiger partial charge on any atom is 0.266 e. The van der Waals surface area contributed by atoms with Crippen LogP contribution in [0.15, 0.2) is 54.1 Å². The van der Waals surface area contributed by atoms with Crippen LogP contribution in [0.4, 0.5) is 5.69 Å². The molecule has 2 aromatic rings. The van der Waals surface area contributed by atoms with Crippen LogP contribution in [0.1, 0.15) is 25.3 Å². The van der Waals surface area contributed by atoms with Gasteiger partial charge < -0.3 is 14.8 Å². The van der Waals surface area contributed by atoms with Crippen molar-refractivity contribution in [2.24, 2.45) is 0 Å². The SMILES string of the molecule is CCCCOc1ccc(NC(=O)/C(C#N)=C/c2ccccc2OC)cc1. The van der Waals surface area contributed by atoms with E-state index in [1.165, 1.54) is 6.08 Å². The summed E-state index contributed by atoms with van der Waals surface area (Å²) in [7, 11) is 1.54. The van der Waals surface area contributed by atoms with Crippen LogP contribution in [0.3, 0.4) is 0 Å². The number of nitriles is 1. The zero-order chi connectivity index (χ0) is 18.8. The largest absolute Gasteiger partial charge is 0.496 e. The van der Waals surface area contributed by atoms with Gasteiger partial charge in [-0.15, -0.1) is 0 Å². The number of benzene rings is 2. The molecule has 0 bridgehead atoms. The van der Waals surface area contributed by atoms with Gasteiger partial charge >= 0.3 is 0 Å². The Morgan fingerprint density at radius 1 is 1.19 bits per heavy atom. The fourth-order valence-electron chi connectivity index (χ4n) is 2.26. The van der Waals surface area contributed by atoms with Crippen molar-refractivity contribution in [1.29, 1.82) is 5.26 Å². The minimum Gasteiger partial charge on any atom is -0.496 e. The van der Waals surface area contributed by atoms with E-state index in [-0.39, 0.29) is 5.57 Å². The van der Waals surface area contributed by atoms with Crippen molar-refractivity contribution in [2.45, 2.75) is 19.8 Å². The number of methoxy groups -OCH3 is 1. The highest BCUT2D eigenvalue weighted by molar-refractivity contribution is 6.09. The Bertz CT molecular complexity index is 805. The second-order valence-corrected chi connectivity index (χ2v) is 5.59. The van der Waals surface area contributed by atoms with Gasteiger partial charge in [0.2, 0.25) is 0 Å². The summed E-state index contributed by atoms with van der Waals surface area (Å²) in [5, 5.41) is 12.0. The highest BCUT2D eigenvalue weighted by Gasteiger charge is 2.11. The van der Waals surface area contributed by atoms with Crippen molar-refractivity contribution in [3.05, 3.63) is 59.7 Å². The molecule has 0 saturated heterocycles. The summed E-state index contributed by atoms with van der Waals surface area (Å²) in [6.07, 6.45) is 3.58. The standard InChI is InChI=1S/C21H22N2O3/c1-3-4-13-26-19-11-9-18(10-12-19)23-21(24)17(15-22)14-16-7-5-6-8-20(16)25-2/h5-12,14H,3-4,13H2,1-2H3,(H,23,24)/b17-14+. The molecule has 1 amide bonds. The molecule has 134 valence electrons. The van der Waals surface area contributed by atoms with Gasteiger partial charge in [0.25, 0.3) is 5.91 Å². The second-order valence-electron chi connectivity index (χ2n) is 5.59. The highest BCUT2D eigenvalue weighted by atomic mass is 16.5. The predicted molar refractivity (Wildman–Crippen MR) is 102 cm³/mol. The molecular formula is C21H22N2O3. The van der Waals surface area contributed by atoms with Crippen molar-refractivity contribution in [3.8, 4) is 17.6 Å². The monoisotopic (exact) mass is 350 g/mol. The lowest BCUT2D eigenvalue weighted by Gasteiger charge is -2.08. The number of carbonyl (C=O) groups is 1. The van der Waals surface area contributed by atoms with Gasteiger partial charge in [0.15, 0.2) is 0 Å². The van der Waals surface area contributed by atoms with Crippen LogP contribution in [0, 0.1) is 11.3 Å². The van der Waals surface area contributed by atoms with E-state index in [0.717, 1.165) is 18.6 Å². The van der Waals surface area contributed by atoms with Gasteiger partial charge in [-0.25, -0.2) is 0 Å². The number of nitrogens with zero attached hydrogens (tertiary/aromatic N) is 1. The molecule has 26 heavy (non-hydrogen) atoms. The Morgan fingerprint density at radius 3 is 2.58 bits per heavy atom. The maximum absolute atomic E-state index is 12.4. The first-order valence-corrected chi connectivity index (χ1v) is 8.47. The van der Waals surface area contributed by atoms with E-state index in [9.17, 15) is 10.1 Å². The third-order valence-electron chi connectivity index (χ3n) is 3.68. The normalized spacial score (nSPS) is 10.7. The molecule has 2 rings (SSSR count). The second kappa shape index (κ2) is 9.90. The first kappa shape index (κ1) is 19.1. The Balaban J connectivity index is 2.07. The van der Waals surface area contributed by atoms with Gasteiger partial charge in [0.1, 0.15) is 23.1 Å². The van der Waals surface area contributed by atoms with E-state index in [4.69, 9.17) is 9.47 Å². The number of para-hydroxylation sites is 1. The van der Waals surface area contributed by atoms with E-state index in [2.05, 4.69) is 12.2 Å². The Kier molecular flexibility index (Phi) is 7.26. The number of carbonyl (C=O) groups excluding carboxylic acids is 1. The summed E-state index contributed by atoms with van der Waals surface area (Å²) in [5.41, 5.74) is 1.26. The minimum absolute atomic E-state index is 0.00206. The van der Waals surface area contributed by atoms with Crippen molar-refractivity contribution >= 4 is 17.7 Å². The first-order valence-electron chi connectivity index (χ1n) is 8.47. The van der Waals surface area contributed by atoms with Crippen molar-refractivity contribution in [2.75, 3.05) is 19.0 Å². The third kappa shape index (κ3) is 5.38. The van der Waals surface area contributed by atoms with Crippen LogP contribution in [-0.4, -0.2) is 19.6 Å². The summed E-state index contributed by atoms with van der Waals surface area (Å²) < 4.78 is 10.8. The number of unbranched alkanes of at least 4 members (excludes halogenated alkanes) is 1. The van der Waals surface area contributed by atoms with Crippen molar-refractivity contribution < 1.29 is 14.3 Å². The number of amides is 1. The third-order valence-corrected chi connectivity index (χ3v) is 3.68. The fraction of sp³-hybridized carbons (Fsp3) is 0.238. The molecule has 0 saturated carbocycles. The van der Waals surface area contributed by atoms with Gasteiger partial charge in [0, 0.05) is 11.3 Å². The fourth-order valence-corrected chi connectivity index (χ4v) is 2.26. The molecule has 0 aliphatic rings. The Morgan fingerprint density at radius 2 is 1.92 bits per heavy atom. The summed E-state index contributed by atoms with van der Waals surface area (Å²) in [4.78, 5) is 12.4. The Hall–Kier alpha value is -3.26. The molecule has 0 spiro atoms. The molecule has 0 atom stereocenters. The topological polar surface area (TPSA) is 71.3 Å². The van der Waals surface area contributed by atoms with Crippen LogP contribution in [0.5, 0.6) is 11.5 Å². The van der Waals surface area contributed by atoms with Crippen molar-refractivity contribution in [3.63, 3.8) is 0 Å². The number of nitrogens with one attached hydrogen (secondary N) is 1. The van der Waals surface area contributed by atoms with Gasteiger partial charge in [-0.2, -0.15) is 5.26 Å². The molecular weight excluding hydrogens is 328 g/mol. The van der Waals surface area contributed by atoms with E-state index >= 15 is 0 Å². The number of hydrogen-bond acceptors (Lipinski definition) is 4. The van der Waals surface area contributed by atoms with Crippen LogP contribution in [0.25, 0.3) is 6.08 Å². The average molecular weight is 350 g/mol. The molecule has 0 aliphatic heterocycles. The molecule has 2 aromatic carbocycles. The number of ether oxygens (including phenoxy) is 2. The molecule has 1 N–H and O–H groups in total. The lowest BCUT2D eigenvalue weighted by molar-refractivity contribution is -0.112. The summed E-state index contributed by atoms with van der Waals surface area (Å²) >= 11 is 0. The smallest absolute Gasteiger partial charge is 0.266 e. The first-order chi connectivity index (χ1) is 12.7. The summed E-state index contributed by atoms with van der Waals surface area (Å²) in [6.45, 7) is 2.77. The van der Waals surface area contributed by atoms with Gasteiger partial charge in [-0.3, -0.25) is 4.79 Å². The molecule has 0 heterocycles. The maximum atomic E-state index is 12.4. The lowest BCUT2D eigenvalue weighted by atomic mass is 10.1. The van der Waals surface area contributed by atoms with Crippen LogP contribution in [0.2, 0.25) is 0 Å². The molecule has 0 fully saturated rings. The van der Waals surface area contributed by atoms with Crippen molar-refractivity contribution in [1.82, 2.24) is 0 Å². The Labute approximate surface area is 153 Å². The zero-order valence-electron chi connectivity index (χ0n) is 15.0. The van der Waals surface area contributed by atoms with Crippen LogP contribution in [-0.2, 0) is 4.79 Å². The predicted octanol–water partition coefficient (Wildman–Crippen LogP) is 4.42. The molecule has 0 aromatic heterocycles. The van der Waals surface area contributed by atoms with E-state index in [0.29, 0.717) is 23.6 Å². The average Bonchev–Trinajstić information content (AvgIpc) is 2.67. The molecule has 5 nitrogen and oxygen atoms in total. The molecule has 0 unspecified atom stereocenters. The minimum atomic E-state index is -0.474. The summed E-state index contributed by atoms with van der Waals surface area (Å²) in [5.74, 6) is 0.876. The van der Waals surface area contributed by atoms with Crippen LogP contribution < -0.4 is 14.8 Å². The number of hydrogen-bond donors (Lipinski definition) is 1. The number of rotatable bonds is 8. The molecule has 5 heteroatoms. The van der Waals surface area contributed by atoms with Gasteiger partial charge in [-0.05, 0) is 42.8 Å². The van der Waals surface area contributed by atoms with Gasteiger partial charge in [-0.1, -0.05) is 31.5 Å². The van der Waals surface area contributed by atoms with Crippen LogP contribution >= 0.6 is 0 Å². The molecule has 0 aliphatic carbocycles. The summed E-state index contributed by atoms with van der Waals surface area (Å²) in [6, 6.07) is 16.2. The van der Waals surface area contributed by atoms with E-state index in [1.807, 2.05) is 18.2 Å². The highest BCUT2D eigenvalue weighted by Crippen LogP contribution is 2.21. The number of anilines is 1. The van der Waals surface area contributed by atoms with E-state index < -0.39 is 5.91 Å². The lowest BCUT2D eigenvalue weighted by Crippen LogP contribution is -2.13. The zero-order valence-corrected chi connectivity index (χ0v) is 15.0. The van der Waals surface area contributed by atoms with Gasteiger partial charge in [0.05, 0.1) is 13.7 Å². The quantitative estimate of drug-likeness (QED) is 0.434. The molecule has 0 radical (unpaired) electrons. The van der Waals surface area contributed by atoms with E-state index in [1.54, 1.807) is 43.5 Å².